The van der Waals surface area contributed by atoms with Gasteiger partial charge in [0.1, 0.15) is 12.1 Å². The van der Waals surface area contributed by atoms with E-state index in [2.05, 4.69) is 22.5 Å². The highest BCUT2D eigenvalue weighted by atomic mass is 16.5. The number of methoxy groups -OCH3 is 2. The van der Waals surface area contributed by atoms with Crippen LogP contribution in [0.2, 0.25) is 0 Å². The molecular formula is C51H78N6O10. The normalized spacial score (nSPS) is 24.7. The third kappa shape index (κ3) is 12.7. The molecule has 1 aliphatic carbocycles. The second-order valence-electron chi connectivity index (χ2n) is 19.8. The highest BCUT2D eigenvalue weighted by Gasteiger charge is 2.54. The number of fused-ring (bicyclic) bond motifs is 2. The standard InChI is InChI=1S/C51H78N6O10/c1-10-32(4)45(40(66-8)30-43(60)55-28-18-21-39(55)47(67-9)34(6)48(61)52-37(51(64)65)29-35-19-14-13-15-20-35)54(7)50(63)44(31(2)3)53-49(62)46-36-22-23-38(33(36)5)56(46)26-16-11-12-17-27-57-41(58)24-25-42(57)59/h13-15,19-20,24-25,31-34,36-40,44-47H,10-12,16-18,21-23,26-30H2,1-9H3,(H,52,61)(H,53,62)(H,64,65)/t32-,33-,34+,36-,37-,38-,39-,40+,44-,45-,46-,47+/m0/s1. The Labute approximate surface area is 397 Å². The summed E-state index contributed by atoms with van der Waals surface area (Å²) in [5.74, 6) is -3.27. The van der Waals surface area contributed by atoms with Gasteiger partial charge in [-0.2, -0.15) is 0 Å². The van der Waals surface area contributed by atoms with Gasteiger partial charge in [-0.15, -0.1) is 0 Å². The second-order valence-corrected chi connectivity index (χ2v) is 19.8. The van der Waals surface area contributed by atoms with E-state index < -0.39 is 54.2 Å². The maximum atomic E-state index is 14.7. The monoisotopic (exact) mass is 935 g/mol. The van der Waals surface area contributed by atoms with Crippen molar-refractivity contribution < 1.29 is 48.1 Å². The summed E-state index contributed by atoms with van der Waals surface area (Å²) in [6.45, 7) is 13.4. The van der Waals surface area contributed by atoms with Gasteiger partial charge >= 0.3 is 5.97 Å². The average molecular weight is 935 g/mol. The fourth-order valence-corrected chi connectivity index (χ4v) is 11.4. The topological polar surface area (TPSA) is 195 Å². The maximum Gasteiger partial charge on any atom is 0.326 e. The van der Waals surface area contributed by atoms with Crippen LogP contribution in [0.5, 0.6) is 0 Å². The van der Waals surface area contributed by atoms with Gasteiger partial charge < -0.3 is 35.0 Å². The summed E-state index contributed by atoms with van der Waals surface area (Å²) in [4.78, 5) is 100. The Kier molecular flexibility index (Phi) is 19.5. The molecule has 16 nitrogen and oxygen atoms in total. The molecule has 67 heavy (non-hydrogen) atoms. The Bertz CT molecular complexity index is 1890. The summed E-state index contributed by atoms with van der Waals surface area (Å²) < 4.78 is 12.0. The van der Waals surface area contributed by atoms with Crippen molar-refractivity contribution in [1.82, 2.24) is 30.2 Å². The van der Waals surface area contributed by atoms with Crippen LogP contribution in [0, 0.1) is 29.6 Å². The van der Waals surface area contributed by atoms with E-state index in [0.29, 0.717) is 44.3 Å². The van der Waals surface area contributed by atoms with Crippen LogP contribution in [0.4, 0.5) is 0 Å². The zero-order valence-electron chi connectivity index (χ0n) is 41.4. The number of hydrogen-bond acceptors (Lipinski definition) is 10. The van der Waals surface area contributed by atoms with E-state index in [1.165, 1.54) is 24.2 Å². The van der Waals surface area contributed by atoms with Crippen molar-refractivity contribution in [3.63, 3.8) is 0 Å². The number of amides is 6. The zero-order chi connectivity index (χ0) is 49.1. The molecule has 3 heterocycles. The second kappa shape index (κ2) is 24.6. The van der Waals surface area contributed by atoms with Gasteiger partial charge in [-0.25, -0.2) is 4.79 Å². The van der Waals surface area contributed by atoms with Gasteiger partial charge in [0.25, 0.3) is 11.8 Å². The molecule has 3 N–H and O–H groups in total. The van der Waals surface area contributed by atoms with Crippen molar-refractivity contribution >= 4 is 41.4 Å². The number of likely N-dealkylation sites (N-methyl/N-ethyl adjacent to an activating group) is 1. The lowest BCUT2D eigenvalue weighted by atomic mass is 9.89. The first-order chi connectivity index (χ1) is 31.9. The van der Waals surface area contributed by atoms with Gasteiger partial charge in [0.15, 0.2) is 0 Å². The lowest BCUT2D eigenvalue weighted by Gasteiger charge is -2.41. The first kappa shape index (κ1) is 53.3. The zero-order valence-corrected chi connectivity index (χ0v) is 41.4. The molecule has 12 atom stereocenters. The minimum absolute atomic E-state index is 0.0305. The number of benzene rings is 1. The molecule has 2 bridgehead atoms. The number of carbonyl (C=O) groups excluding carboxylic acids is 6. The van der Waals surface area contributed by atoms with Crippen LogP contribution < -0.4 is 10.6 Å². The summed E-state index contributed by atoms with van der Waals surface area (Å²) in [7, 11) is 4.78. The molecule has 5 rings (SSSR count). The summed E-state index contributed by atoms with van der Waals surface area (Å²) in [5, 5.41) is 15.9. The van der Waals surface area contributed by atoms with E-state index in [1.807, 2.05) is 58.0 Å². The van der Waals surface area contributed by atoms with Crippen LogP contribution in [0.3, 0.4) is 0 Å². The number of imide groups is 1. The molecule has 0 radical (unpaired) electrons. The van der Waals surface area contributed by atoms with E-state index in [0.717, 1.165) is 50.6 Å². The van der Waals surface area contributed by atoms with E-state index >= 15 is 0 Å². The quantitative estimate of drug-likeness (QED) is 0.0878. The Morgan fingerprint density at radius 1 is 0.881 bits per heavy atom. The number of ether oxygens (including phenoxy) is 2. The van der Waals surface area contributed by atoms with Crippen LogP contribution in [0.1, 0.15) is 111 Å². The van der Waals surface area contributed by atoms with Crippen molar-refractivity contribution in [3.8, 4) is 0 Å². The molecule has 1 aromatic rings. The van der Waals surface area contributed by atoms with Crippen LogP contribution in [0.15, 0.2) is 42.5 Å². The van der Waals surface area contributed by atoms with Crippen molar-refractivity contribution in [1.29, 1.82) is 0 Å². The van der Waals surface area contributed by atoms with Crippen LogP contribution >= 0.6 is 0 Å². The van der Waals surface area contributed by atoms with Gasteiger partial charge in [-0.3, -0.25) is 38.6 Å². The van der Waals surface area contributed by atoms with Crippen molar-refractivity contribution in [2.75, 3.05) is 40.9 Å². The maximum absolute atomic E-state index is 14.7. The molecule has 1 saturated carbocycles. The van der Waals surface area contributed by atoms with E-state index in [-0.39, 0.29) is 66.2 Å². The Balaban J connectivity index is 1.22. The Morgan fingerprint density at radius 3 is 2.13 bits per heavy atom. The first-order valence-corrected chi connectivity index (χ1v) is 24.7. The number of carbonyl (C=O) groups is 7. The van der Waals surface area contributed by atoms with Gasteiger partial charge in [0.05, 0.1) is 42.7 Å². The van der Waals surface area contributed by atoms with Crippen LogP contribution in [0.25, 0.3) is 0 Å². The molecule has 0 aromatic heterocycles. The largest absolute Gasteiger partial charge is 0.480 e. The number of nitrogens with zero attached hydrogens (tertiary/aromatic N) is 4. The van der Waals surface area contributed by atoms with Gasteiger partial charge in [0, 0.05) is 59.0 Å². The number of piperidine rings is 1. The first-order valence-electron chi connectivity index (χ1n) is 24.7. The molecule has 3 aliphatic heterocycles. The van der Waals surface area contributed by atoms with Gasteiger partial charge in [0.2, 0.25) is 23.6 Å². The molecule has 16 heteroatoms. The molecule has 0 spiro atoms. The molecule has 4 aliphatic rings. The molecule has 0 unspecified atom stereocenters. The molecule has 2 saturated heterocycles. The van der Waals surface area contributed by atoms with E-state index in [9.17, 15) is 38.7 Å². The number of hydrogen-bond donors (Lipinski definition) is 3. The summed E-state index contributed by atoms with van der Waals surface area (Å²) in [6, 6.07) is 6.13. The number of nitrogens with one attached hydrogen (secondary N) is 2. The lowest BCUT2D eigenvalue weighted by molar-refractivity contribution is -0.148. The molecule has 6 amide bonds. The molecule has 1 aromatic carbocycles. The molecule has 3 fully saturated rings. The van der Waals surface area contributed by atoms with E-state index in [1.54, 1.807) is 30.9 Å². The summed E-state index contributed by atoms with van der Waals surface area (Å²) >= 11 is 0. The number of aliphatic carboxylic acids is 1. The number of unbranched alkanes of at least 4 members (excludes halogenated alkanes) is 3. The highest BCUT2D eigenvalue weighted by Crippen LogP contribution is 2.47. The van der Waals surface area contributed by atoms with Crippen molar-refractivity contribution in [3.05, 3.63) is 48.0 Å². The van der Waals surface area contributed by atoms with Gasteiger partial charge in [-0.05, 0) is 74.3 Å². The molecular weight excluding hydrogens is 857 g/mol. The van der Waals surface area contributed by atoms with E-state index in [4.69, 9.17) is 9.47 Å². The Morgan fingerprint density at radius 2 is 1.54 bits per heavy atom. The summed E-state index contributed by atoms with van der Waals surface area (Å²) in [5.41, 5.74) is 0.778. The van der Waals surface area contributed by atoms with Crippen LogP contribution in [-0.2, 0) is 49.5 Å². The fraction of sp³-hybridized carbons (Fsp3) is 0.706. The van der Waals surface area contributed by atoms with Crippen molar-refractivity contribution in [2.24, 2.45) is 29.6 Å². The minimum Gasteiger partial charge on any atom is -0.480 e. The number of carboxylic acid groups (broad SMARTS) is 1. The SMILES string of the molecule is CC[C@H](C)[C@@H]([C@@H](CC(=O)N1CCC[C@H]1[C@H](OC)[C@@H](C)C(=O)N[C@@H](Cc1ccccc1)C(=O)O)OC)N(C)C(=O)[C@@H](NC(=O)[C@@H]1[C@H]2CC[C@@H]([C@H]2C)N1CCCCCCN1C(=O)C=CC1=O)C(C)C. The predicted octanol–water partition coefficient (Wildman–Crippen LogP) is 4.44. The van der Waals surface area contributed by atoms with Crippen LogP contribution in [-0.4, -0.2) is 155 Å². The lowest BCUT2D eigenvalue weighted by Crippen LogP contribution is -2.60. The average Bonchev–Trinajstić information content (AvgIpc) is 4.08. The highest BCUT2D eigenvalue weighted by molar-refractivity contribution is 6.12. The number of likely N-dealkylation sites (tertiary alicyclic amines) is 2. The third-order valence-electron chi connectivity index (χ3n) is 15.4. The smallest absolute Gasteiger partial charge is 0.326 e. The third-order valence-corrected chi connectivity index (χ3v) is 15.4. The number of rotatable bonds is 26. The predicted molar refractivity (Wildman–Crippen MR) is 253 cm³/mol. The minimum atomic E-state index is -1.15. The van der Waals surface area contributed by atoms with Crippen molar-refractivity contribution in [2.45, 2.75) is 161 Å². The molecule has 372 valence electrons. The number of carboxylic acids is 1. The Hall–Kier alpha value is -4.67. The van der Waals surface area contributed by atoms with Gasteiger partial charge in [-0.1, -0.05) is 91.1 Å². The fourth-order valence-electron chi connectivity index (χ4n) is 11.4. The summed E-state index contributed by atoms with van der Waals surface area (Å²) in [6.07, 6.45) is 8.67.